The molecule has 8 nitrogen and oxygen atoms in total. The summed E-state index contributed by atoms with van der Waals surface area (Å²) < 4.78 is 3.23. The molecule has 112 valence electrons. The van der Waals surface area contributed by atoms with Gasteiger partial charge in [0.15, 0.2) is 0 Å². The molecule has 0 saturated carbocycles. The van der Waals surface area contributed by atoms with Crippen molar-refractivity contribution in [2.75, 3.05) is 37.6 Å². The fourth-order valence-corrected chi connectivity index (χ4v) is 2.46. The molecule has 2 aromatic rings. The van der Waals surface area contributed by atoms with Gasteiger partial charge in [0.2, 0.25) is 0 Å². The highest BCUT2D eigenvalue weighted by Crippen LogP contribution is 2.11. The molecule has 1 aliphatic heterocycles. The lowest BCUT2D eigenvalue weighted by Crippen LogP contribution is -2.47. The Kier molecular flexibility index (Phi) is 3.96. The minimum Gasteiger partial charge on any atom is -0.353 e. The Labute approximate surface area is 122 Å². The van der Waals surface area contributed by atoms with Crippen molar-refractivity contribution in [3.8, 4) is 0 Å². The van der Waals surface area contributed by atoms with Crippen LogP contribution in [0.4, 0.5) is 5.82 Å². The zero-order valence-corrected chi connectivity index (χ0v) is 12.1. The quantitative estimate of drug-likeness (QED) is 0.733. The average Bonchev–Trinajstić information content (AvgIpc) is 3.02. The van der Waals surface area contributed by atoms with Crippen LogP contribution in [-0.4, -0.2) is 62.4 Å². The van der Waals surface area contributed by atoms with Crippen LogP contribution < -0.4 is 10.5 Å². The monoisotopic (exact) mass is 289 g/mol. The van der Waals surface area contributed by atoms with Gasteiger partial charge >= 0.3 is 0 Å². The Morgan fingerprint density at radius 3 is 2.62 bits per heavy atom. The summed E-state index contributed by atoms with van der Waals surface area (Å²) in [5, 5.41) is 12.1. The maximum Gasteiger partial charge on any atom is 0.266 e. The maximum atomic E-state index is 11.4. The molecular weight excluding hydrogens is 270 g/mol. The molecule has 0 atom stereocenters. The molecule has 21 heavy (non-hydrogen) atoms. The summed E-state index contributed by atoms with van der Waals surface area (Å²) in [5.41, 5.74) is -0.0785. The highest BCUT2D eigenvalue weighted by atomic mass is 16.1. The van der Waals surface area contributed by atoms with Gasteiger partial charge in [-0.3, -0.25) is 14.4 Å². The average molecular weight is 289 g/mol. The lowest BCUT2D eigenvalue weighted by Gasteiger charge is -2.35. The largest absolute Gasteiger partial charge is 0.353 e. The van der Waals surface area contributed by atoms with Gasteiger partial charge in [0, 0.05) is 52.0 Å². The Morgan fingerprint density at radius 2 is 1.95 bits per heavy atom. The minimum atomic E-state index is -0.0785. The first kappa shape index (κ1) is 13.7. The number of nitrogens with zero attached hydrogens (tertiary/aromatic N) is 7. The molecule has 3 heterocycles. The summed E-state index contributed by atoms with van der Waals surface area (Å²) in [4.78, 5) is 16.0. The van der Waals surface area contributed by atoms with E-state index in [0.29, 0.717) is 0 Å². The predicted octanol–water partition coefficient (Wildman–Crippen LogP) is -0.806. The molecule has 1 saturated heterocycles. The summed E-state index contributed by atoms with van der Waals surface area (Å²) in [6, 6.07) is 3.37. The van der Waals surface area contributed by atoms with Crippen LogP contribution in [-0.2, 0) is 13.6 Å². The molecule has 2 aromatic heterocycles. The van der Waals surface area contributed by atoms with Crippen LogP contribution >= 0.6 is 0 Å². The number of piperazine rings is 1. The van der Waals surface area contributed by atoms with Crippen molar-refractivity contribution in [3.05, 3.63) is 34.9 Å². The maximum absolute atomic E-state index is 11.4. The Hall–Kier alpha value is -2.22. The predicted molar refractivity (Wildman–Crippen MR) is 78.2 cm³/mol. The van der Waals surface area contributed by atoms with E-state index in [1.165, 1.54) is 4.68 Å². The van der Waals surface area contributed by atoms with E-state index in [1.54, 1.807) is 25.4 Å². The van der Waals surface area contributed by atoms with Crippen molar-refractivity contribution in [1.82, 2.24) is 29.7 Å². The summed E-state index contributed by atoms with van der Waals surface area (Å²) in [5.74, 6) is 0.869. The lowest BCUT2D eigenvalue weighted by atomic mass is 10.3. The van der Waals surface area contributed by atoms with E-state index in [9.17, 15) is 4.79 Å². The van der Waals surface area contributed by atoms with Crippen LogP contribution in [0.15, 0.2) is 29.3 Å². The van der Waals surface area contributed by atoms with Gasteiger partial charge in [-0.25, -0.2) is 4.68 Å². The third kappa shape index (κ3) is 3.27. The van der Waals surface area contributed by atoms with Crippen molar-refractivity contribution in [2.24, 2.45) is 7.05 Å². The molecule has 0 N–H and O–H groups in total. The number of hydrogen-bond donors (Lipinski definition) is 0. The number of aryl methyl sites for hydroxylation is 1. The molecule has 0 amide bonds. The van der Waals surface area contributed by atoms with Crippen LogP contribution in [0, 0.1) is 0 Å². The minimum absolute atomic E-state index is 0.0785. The second-order valence-corrected chi connectivity index (χ2v) is 5.15. The summed E-state index contributed by atoms with van der Waals surface area (Å²) >= 11 is 0. The van der Waals surface area contributed by atoms with E-state index in [1.807, 2.05) is 10.9 Å². The zero-order chi connectivity index (χ0) is 14.7. The van der Waals surface area contributed by atoms with Gasteiger partial charge < -0.3 is 4.90 Å². The third-order valence-corrected chi connectivity index (χ3v) is 3.76. The van der Waals surface area contributed by atoms with E-state index in [4.69, 9.17) is 0 Å². The number of aromatic nitrogens is 5. The molecule has 0 aromatic carbocycles. The van der Waals surface area contributed by atoms with Crippen molar-refractivity contribution in [1.29, 1.82) is 0 Å². The highest BCUT2D eigenvalue weighted by Gasteiger charge is 2.18. The Morgan fingerprint density at radius 1 is 1.14 bits per heavy atom. The second kappa shape index (κ2) is 6.04. The molecule has 1 aliphatic rings. The van der Waals surface area contributed by atoms with E-state index >= 15 is 0 Å². The molecule has 3 rings (SSSR count). The first-order valence-electron chi connectivity index (χ1n) is 7.08. The van der Waals surface area contributed by atoms with Crippen molar-refractivity contribution in [2.45, 2.75) is 6.54 Å². The molecule has 0 spiro atoms. The van der Waals surface area contributed by atoms with Crippen molar-refractivity contribution in [3.63, 3.8) is 0 Å². The normalized spacial score (nSPS) is 16.3. The van der Waals surface area contributed by atoms with E-state index in [2.05, 4.69) is 25.2 Å². The lowest BCUT2D eigenvalue weighted by molar-refractivity contribution is 0.243. The smallest absolute Gasteiger partial charge is 0.266 e. The summed E-state index contributed by atoms with van der Waals surface area (Å²) in [6.45, 7) is 5.64. The topological polar surface area (TPSA) is 72.1 Å². The molecular formula is C13H19N7O. The molecule has 0 radical (unpaired) electrons. The van der Waals surface area contributed by atoms with Crippen molar-refractivity contribution >= 4 is 5.82 Å². The fourth-order valence-electron chi connectivity index (χ4n) is 2.46. The van der Waals surface area contributed by atoms with Crippen LogP contribution in [0.25, 0.3) is 0 Å². The van der Waals surface area contributed by atoms with E-state index < -0.39 is 0 Å². The first-order chi connectivity index (χ1) is 10.2. The van der Waals surface area contributed by atoms with E-state index in [0.717, 1.165) is 45.1 Å². The first-order valence-corrected chi connectivity index (χ1v) is 7.08. The summed E-state index contributed by atoms with van der Waals surface area (Å²) in [7, 11) is 1.68. The van der Waals surface area contributed by atoms with Gasteiger partial charge in [0.25, 0.3) is 5.56 Å². The number of anilines is 1. The zero-order valence-electron chi connectivity index (χ0n) is 12.1. The SMILES string of the molecule is Cn1nc(N2CCN(CCn3ccnn3)CC2)ccc1=O. The third-order valence-electron chi connectivity index (χ3n) is 3.76. The second-order valence-electron chi connectivity index (χ2n) is 5.15. The summed E-state index contributed by atoms with van der Waals surface area (Å²) in [6.07, 6.45) is 3.58. The van der Waals surface area contributed by atoms with Gasteiger partial charge in [-0.15, -0.1) is 5.10 Å². The highest BCUT2D eigenvalue weighted by molar-refractivity contribution is 5.37. The molecule has 0 bridgehead atoms. The Balaban J connectivity index is 1.52. The van der Waals surface area contributed by atoms with Gasteiger partial charge in [-0.2, -0.15) is 5.10 Å². The Bertz CT molecular complexity index is 628. The molecule has 0 aliphatic carbocycles. The van der Waals surface area contributed by atoms with Crippen LogP contribution in [0.3, 0.4) is 0 Å². The van der Waals surface area contributed by atoms with Crippen LogP contribution in [0.5, 0.6) is 0 Å². The molecule has 8 heteroatoms. The van der Waals surface area contributed by atoms with Crippen molar-refractivity contribution < 1.29 is 0 Å². The fraction of sp³-hybridized carbons (Fsp3) is 0.538. The van der Waals surface area contributed by atoms with Crippen LogP contribution in [0.2, 0.25) is 0 Å². The molecule has 0 unspecified atom stereocenters. The van der Waals surface area contributed by atoms with E-state index in [-0.39, 0.29) is 5.56 Å². The van der Waals surface area contributed by atoms with Gasteiger partial charge in [-0.1, -0.05) is 5.21 Å². The van der Waals surface area contributed by atoms with Gasteiger partial charge in [-0.05, 0) is 6.07 Å². The number of rotatable bonds is 4. The number of hydrogen-bond acceptors (Lipinski definition) is 6. The standard InChI is InChI=1S/C13H19N7O/c1-17-13(21)3-2-12(15-17)19-9-6-18(7-10-19)8-11-20-5-4-14-16-20/h2-5H,6-11H2,1H3. The van der Waals surface area contributed by atoms with Crippen LogP contribution in [0.1, 0.15) is 0 Å². The van der Waals surface area contributed by atoms with Gasteiger partial charge in [0.1, 0.15) is 5.82 Å². The molecule has 1 fully saturated rings. The van der Waals surface area contributed by atoms with Gasteiger partial charge in [0.05, 0.1) is 12.7 Å².